The number of hydrogen-bond acceptors (Lipinski definition) is 4. The Morgan fingerprint density at radius 1 is 1.19 bits per heavy atom. The molecule has 0 fully saturated rings. The van der Waals surface area contributed by atoms with Crippen LogP contribution in [0, 0.1) is 0 Å². The van der Waals surface area contributed by atoms with Crippen LogP contribution >= 0.6 is 0 Å². The first-order chi connectivity index (χ1) is 10.1. The van der Waals surface area contributed by atoms with Crippen LogP contribution in [0.15, 0.2) is 42.6 Å². The van der Waals surface area contributed by atoms with Crippen molar-refractivity contribution >= 4 is 17.4 Å². The molecule has 0 aliphatic carbocycles. The standard InChI is InChI=1S/C16H19N3O2/c1-11(2)18-15-9-8-12(10-17-15)16(20)19-13-6-4-5-7-14(13)21-3/h4-11H,1-3H3,(H,17,18)(H,19,20). The van der Waals surface area contributed by atoms with Crippen molar-refractivity contribution in [3.8, 4) is 5.75 Å². The van der Waals surface area contributed by atoms with Crippen LogP contribution in [0.3, 0.4) is 0 Å². The van der Waals surface area contributed by atoms with E-state index in [1.807, 2.05) is 26.0 Å². The maximum absolute atomic E-state index is 12.2. The zero-order chi connectivity index (χ0) is 15.2. The van der Waals surface area contributed by atoms with Crippen molar-refractivity contribution in [1.29, 1.82) is 0 Å². The Kier molecular flexibility index (Phi) is 4.77. The highest BCUT2D eigenvalue weighted by Crippen LogP contribution is 2.23. The van der Waals surface area contributed by atoms with Crippen LogP contribution in [0.25, 0.3) is 0 Å². The smallest absolute Gasteiger partial charge is 0.257 e. The summed E-state index contributed by atoms with van der Waals surface area (Å²) in [4.78, 5) is 16.4. The van der Waals surface area contributed by atoms with Crippen molar-refractivity contribution < 1.29 is 9.53 Å². The van der Waals surface area contributed by atoms with Gasteiger partial charge in [-0.25, -0.2) is 4.98 Å². The van der Waals surface area contributed by atoms with Gasteiger partial charge in [0.2, 0.25) is 0 Å². The molecule has 5 heteroatoms. The summed E-state index contributed by atoms with van der Waals surface area (Å²) in [5.74, 6) is 1.15. The van der Waals surface area contributed by atoms with Gasteiger partial charge in [0.25, 0.3) is 5.91 Å². The maximum Gasteiger partial charge on any atom is 0.257 e. The number of nitrogens with zero attached hydrogens (tertiary/aromatic N) is 1. The van der Waals surface area contributed by atoms with Crippen LogP contribution in [0.1, 0.15) is 24.2 Å². The van der Waals surface area contributed by atoms with E-state index in [1.165, 1.54) is 0 Å². The molecule has 0 saturated carbocycles. The van der Waals surface area contributed by atoms with E-state index in [9.17, 15) is 4.79 Å². The van der Waals surface area contributed by atoms with E-state index in [-0.39, 0.29) is 5.91 Å². The Balaban J connectivity index is 2.09. The molecule has 0 atom stereocenters. The van der Waals surface area contributed by atoms with Crippen molar-refractivity contribution in [1.82, 2.24) is 4.98 Å². The minimum absolute atomic E-state index is 0.219. The number of benzene rings is 1. The number of amides is 1. The summed E-state index contributed by atoms with van der Waals surface area (Å²) in [6.45, 7) is 4.06. The summed E-state index contributed by atoms with van der Waals surface area (Å²) in [5.41, 5.74) is 1.13. The Labute approximate surface area is 124 Å². The van der Waals surface area contributed by atoms with E-state index in [2.05, 4.69) is 15.6 Å². The van der Waals surface area contributed by atoms with Crippen molar-refractivity contribution in [2.75, 3.05) is 17.7 Å². The number of hydrogen-bond donors (Lipinski definition) is 2. The zero-order valence-corrected chi connectivity index (χ0v) is 12.4. The van der Waals surface area contributed by atoms with Gasteiger partial charge in [0, 0.05) is 12.2 Å². The number of nitrogens with one attached hydrogen (secondary N) is 2. The Morgan fingerprint density at radius 3 is 2.57 bits per heavy atom. The molecule has 1 aromatic heterocycles. The second-order valence-electron chi connectivity index (χ2n) is 4.89. The third kappa shape index (κ3) is 3.95. The van der Waals surface area contributed by atoms with E-state index < -0.39 is 0 Å². The Morgan fingerprint density at radius 2 is 1.95 bits per heavy atom. The third-order valence-corrected chi connectivity index (χ3v) is 2.82. The maximum atomic E-state index is 12.2. The second-order valence-corrected chi connectivity index (χ2v) is 4.89. The number of pyridine rings is 1. The molecule has 110 valence electrons. The van der Waals surface area contributed by atoms with Crippen LogP contribution in [-0.4, -0.2) is 24.0 Å². The number of carbonyl (C=O) groups excluding carboxylic acids is 1. The van der Waals surface area contributed by atoms with Gasteiger partial charge < -0.3 is 15.4 Å². The first kappa shape index (κ1) is 14.8. The van der Waals surface area contributed by atoms with Gasteiger partial charge in [0.05, 0.1) is 18.4 Å². The minimum Gasteiger partial charge on any atom is -0.495 e. The van der Waals surface area contributed by atoms with Gasteiger partial charge in [-0.15, -0.1) is 0 Å². The molecule has 0 aliphatic heterocycles. The highest BCUT2D eigenvalue weighted by molar-refractivity contribution is 6.04. The number of para-hydroxylation sites is 2. The number of carbonyl (C=O) groups is 1. The normalized spacial score (nSPS) is 10.3. The van der Waals surface area contributed by atoms with Gasteiger partial charge >= 0.3 is 0 Å². The topological polar surface area (TPSA) is 63.2 Å². The summed E-state index contributed by atoms with van der Waals surface area (Å²) < 4.78 is 5.20. The molecule has 2 N–H and O–H groups in total. The number of rotatable bonds is 5. The highest BCUT2D eigenvalue weighted by atomic mass is 16.5. The predicted molar refractivity (Wildman–Crippen MR) is 83.9 cm³/mol. The minimum atomic E-state index is -0.219. The number of aromatic nitrogens is 1. The van der Waals surface area contributed by atoms with E-state index in [0.717, 1.165) is 5.82 Å². The van der Waals surface area contributed by atoms with E-state index in [4.69, 9.17) is 4.74 Å². The summed E-state index contributed by atoms with van der Waals surface area (Å²) in [6, 6.07) is 11.1. The fourth-order valence-corrected chi connectivity index (χ4v) is 1.85. The Hall–Kier alpha value is -2.56. The molecular weight excluding hydrogens is 266 g/mol. The van der Waals surface area contributed by atoms with Gasteiger partial charge in [0.1, 0.15) is 11.6 Å². The molecule has 1 heterocycles. The Bertz CT molecular complexity index is 609. The molecule has 2 aromatic rings. The summed E-state index contributed by atoms with van der Waals surface area (Å²) in [5, 5.41) is 5.99. The zero-order valence-electron chi connectivity index (χ0n) is 12.4. The fraction of sp³-hybridized carbons (Fsp3) is 0.250. The third-order valence-electron chi connectivity index (χ3n) is 2.82. The van der Waals surface area contributed by atoms with Gasteiger partial charge in [-0.1, -0.05) is 12.1 Å². The van der Waals surface area contributed by atoms with Crippen LogP contribution in [0.4, 0.5) is 11.5 Å². The van der Waals surface area contributed by atoms with Crippen LogP contribution < -0.4 is 15.4 Å². The molecule has 2 rings (SSSR count). The molecule has 0 unspecified atom stereocenters. The summed E-state index contributed by atoms with van der Waals surface area (Å²) in [7, 11) is 1.57. The van der Waals surface area contributed by atoms with Crippen molar-refractivity contribution in [3.63, 3.8) is 0 Å². The molecular formula is C16H19N3O2. The average Bonchev–Trinajstić information content (AvgIpc) is 2.48. The van der Waals surface area contributed by atoms with E-state index >= 15 is 0 Å². The first-order valence-corrected chi connectivity index (χ1v) is 6.77. The van der Waals surface area contributed by atoms with Crippen molar-refractivity contribution in [3.05, 3.63) is 48.2 Å². The van der Waals surface area contributed by atoms with E-state index in [1.54, 1.807) is 37.6 Å². The lowest BCUT2D eigenvalue weighted by Gasteiger charge is -2.11. The highest BCUT2D eigenvalue weighted by Gasteiger charge is 2.09. The predicted octanol–water partition coefficient (Wildman–Crippen LogP) is 3.16. The number of ether oxygens (including phenoxy) is 1. The number of methoxy groups -OCH3 is 1. The molecule has 0 aliphatic rings. The molecule has 0 saturated heterocycles. The van der Waals surface area contributed by atoms with E-state index in [0.29, 0.717) is 23.0 Å². The van der Waals surface area contributed by atoms with Crippen molar-refractivity contribution in [2.45, 2.75) is 19.9 Å². The average molecular weight is 285 g/mol. The molecule has 0 bridgehead atoms. The second kappa shape index (κ2) is 6.74. The van der Waals surface area contributed by atoms with Crippen molar-refractivity contribution in [2.24, 2.45) is 0 Å². The van der Waals surface area contributed by atoms with Gasteiger partial charge in [-0.2, -0.15) is 0 Å². The van der Waals surface area contributed by atoms with Gasteiger partial charge in [0.15, 0.2) is 0 Å². The molecule has 1 amide bonds. The lowest BCUT2D eigenvalue weighted by molar-refractivity contribution is 0.102. The molecule has 5 nitrogen and oxygen atoms in total. The molecule has 1 aromatic carbocycles. The van der Waals surface area contributed by atoms with Gasteiger partial charge in [-0.05, 0) is 38.1 Å². The summed E-state index contributed by atoms with van der Waals surface area (Å²) in [6.07, 6.45) is 1.55. The molecule has 21 heavy (non-hydrogen) atoms. The van der Waals surface area contributed by atoms with Crippen LogP contribution in [0.2, 0.25) is 0 Å². The fourth-order valence-electron chi connectivity index (χ4n) is 1.85. The van der Waals surface area contributed by atoms with Crippen LogP contribution in [-0.2, 0) is 0 Å². The molecule has 0 spiro atoms. The summed E-state index contributed by atoms with van der Waals surface area (Å²) >= 11 is 0. The van der Waals surface area contributed by atoms with Gasteiger partial charge in [-0.3, -0.25) is 4.79 Å². The quantitative estimate of drug-likeness (QED) is 0.885. The van der Waals surface area contributed by atoms with Crippen LogP contribution in [0.5, 0.6) is 5.75 Å². The lowest BCUT2D eigenvalue weighted by Crippen LogP contribution is -2.14. The largest absolute Gasteiger partial charge is 0.495 e. The SMILES string of the molecule is COc1ccccc1NC(=O)c1ccc(NC(C)C)nc1. The molecule has 0 radical (unpaired) electrons. The number of anilines is 2. The first-order valence-electron chi connectivity index (χ1n) is 6.77. The monoisotopic (exact) mass is 285 g/mol. The lowest BCUT2D eigenvalue weighted by atomic mass is 10.2.